The Balaban J connectivity index is 1.55. The number of ether oxygens (including phenoxy) is 3. The number of benzene rings is 2. The quantitative estimate of drug-likeness (QED) is 0.548. The van der Waals surface area contributed by atoms with Gasteiger partial charge in [-0.15, -0.1) is 0 Å². The Hall–Kier alpha value is -3.55. The average molecular weight is 451 g/mol. The zero-order valence-corrected chi connectivity index (χ0v) is 19.3. The molecule has 0 unspecified atom stereocenters. The number of aromatic nitrogens is 2. The molecule has 1 amide bonds. The van der Waals surface area contributed by atoms with Crippen LogP contribution >= 0.6 is 0 Å². The van der Waals surface area contributed by atoms with E-state index in [4.69, 9.17) is 24.2 Å². The molecule has 0 radical (unpaired) electrons. The fraction of sp³-hybridized carbons (Fsp3) is 0.400. The molecule has 1 aliphatic rings. The average Bonchev–Trinajstić information content (AvgIpc) is 2.87. The van der Waals surface area contributed by atoms with Crippen molar-refractivity contribution in [2.24, 2.45) is 5.92 Å². The Morgan fingerprint density at radius 1 is 1.12 bits per heavy atom. The van der Waals surface area contributed by atoms with E-state index < -0.39 is 0 Å². The van der Waals surface area contributed by atoms with Crippen molar-refractivity contribution in [1.82, 2.24) is 9.97 Å². The van der Waals surface area contributed by atoms with Crippen LogP contribution in [0, 0.1) is 5.92 Å². The second-order valence-electron chi connectivity index (χ2n) is 8.03. The maximum absolute atomic E-state index is 13.1. The number of anilines is 2. The molecule has 1 aliphatic heterocycles. The number of hydrogen-bond acceptors (Lipinski definition) is 7. The number of nitrogens with one attached hydrogen (secondary N) is 1. The molecule has 8 nitrogen and oxygen atoms in total. The van der Waals surface area contributed by atoms with Gasteiger partial charge in [-0.2, -0.15) is 0 Å². The SMILES string of the molecule is CCCOc1nc2ccccc2nc1N1CCC[C@@H](C(=O)Nc2ccc(OC)cc2OC)C1. The van der Waals surface area contributed by atoms with Gasteiger partial charge in [-0.25, -0.2) is 9.97 Å². The summed E-state index contributed by atoms with van der Waals surface area (Å²) in [6.07, 6.45) is 2.55. The Kier molecular flexibility index (Phi) is 7.12. The van der Waals surface area contributed by atoms with Crippen LogP contribution in [0.15, 0.2) is 42.5 Å². The van der Waals surface area contributed by atoms with Crippen molar-refractivity contribution in [3.8, 4) is 17.4 Å². The minimum Gasteiger partial charge on any atom is -0.497 e. The van der Waals surface area contributed by atoms with E-state index in [1.54, 1.807) is 32.4 Å². The van der Waals surface area contributed by atoms with Gasteiger partial charge in [0.05, 0.1) is 43.5 Å². The summed E-state index contributed by atoms with van der Waals surface area (Å²) in [6.45, 7) is 3.96. The highest BCUT2D eigenvalue weighted by Crippen LogP contribution is 2.33. The summed E-state index contributed by atoms with van der Waals surface area (Å²) in [4.78, 5) is 24.8. The molecular weight excluding hydrogens is 420 g/mol. The number of nitrogens with zero attached hydrogens (tertiary/aromatic N) is 3. The largest absolute Gasteiger partial charge is 0.497 e. The summed E-state index contributed by atoms with van der Waals surface area (Å²) >= 11 is 0. The van der Waals surface area contributed by atoms with Gasteiger partial charge >= 0.3 is 0 Å². The molecule has 174 valence electrons. The van der Waals surface area contributed by atoms with Crippen LogP contribution in [-0.2, 0) is 4.79 Å². The summed E-state index contributed by atoms with van der Waals surface area (Å²) in [5.41, 5.74) is 2.23. The number of amides is 1. The van der Waals surface area contributed by atoms with Gasteiger partial charge < -0.3 is 24.4 Å². The molecule has 1 fully saturated rings. The topological polar surface area (TPSA) is 85.8 Å². The lowest BCUT2D eigenvalue weighted by Gasteiger charge is -2.33. The van der Waals surface area contributed by atoms with E-state index in [-0.39, 0.29) is 11.8 Å². The lowest BCUT2D eigenvalue weighted by molar-refractivity contribution is -0.120. The van der Waals surface area contributed by atoms with E-state index >= 15 is 0 Å². The van der Waals surface area contributed by atoms with Crippen molar-refractivity contribution in [3.05, 3.63) is 42.5 Å². The fourth-order valence-electron chi connectivity index (χ4n) is 4.00. The van der Waals surface area contributed by atoms with Gasteiger partial charge in [0.15, 0.2) is 5.82 Å². The molecule has 0 aliphatic carbocycles. The van der Waals surface area contributed by atoms with E-state index in [0.717, 1.165) is 36.8 Å². The summed E-state index contributed by atoms with van der Waals surface area (Å²) in [5, 5.41) is 3.02. The Labute approximate surface area is 193 Å². The number of fused-ring (bicyclic) bond motifs is 1. The zero-order chi connectivity index (χ0) is 23.2. The highest BCUT2D eigenvalue weighted by Gasteiger charge is 2.29. The molecule has 2 heterocycles. The smallest absolute Gasteiger partial charge is 0.258 e. The molecule has 4 rings (SSSR count). The van der Waals surface area contributed by atoms with Crippen LogP contribution in [0.3, 0.4) is 0 Å². The summed E-state index contributed by atoms with van der Waals surface area (Å²) in [7, 11) is 3.17. The molecule has 0 spiro atoms. The second-order valence-corrected chi connectivity index (χ2v) is 8.03. The third-order valence-corrected chi connectivity index (χ3v) is 5.72. The van der Waals surface area contributed by atoms with Gasteiger partial charge in [-0.05, 0) is 43.5 Å². The third kappa shape index (κ3) is 5.10. The Morgan fingerprint density at radius 3 is 2.64 bits per heavy atom. The maximum atomic E-state index is 13.1. The first-order valence-electron chi connectivity index (χ1n) is 11.3. The molecule has 0 saturated carbocycles. The molecule has 0 bridgehead atoms. The number of rotatable bonds is 8. The molecule has 1 N–H and O–H groups in total. The molecule has 1 atom stereocenters. The number of carbonyl (C=O) groups excluding carboxylic acids is 1. The van der Waals surface area contributed by atoms with Crippen LogP contribution in [0.4, 0.5) is 11.5 Å². The zero-order valence-electron chi connectivity index (χ0n) is 19.3. The lowest BCUT2D eigenvalue weighted by Crippen LogP contribution is -2.41. The predicted molar refractivity (Wildman–Crippen MR) is 128 cm³/mol. The van der Waals surface area contributed by atoms with Crippen molar-refractivity contribution < 1.29 is 19.0 Å². The van der Waals surface area contributed by atoms with Crippen LogP contribution < -0.4 is 24.4 Å². The third-order valence-electron chi connectivity index (χ3n) is 5.72. The normalized spacial score (nSPS) is 15.8. The lowest BCUT2D eigenvalue weighted by atomic mass is 9.97. The van der Waals surface area contributed by atoms with E-state index in [1.165, 1.54) is 0 Å². The number of para-hydroxylation sites is 2. The molecule has 1 saturated heterocycles. The van der Waals surface area contributed by atoms with Gasteiger partial charge in [-0.3, -0.25) is 4.79 Å². The standard InChI is InChI=1S/C25H30N4O4/c1-4-14-33-25-23(26-19-9-5-6-10-20(19)28-25)29-13-7-8-17(16-29)24(30)27-21-12-11-18(31-2)15-22(21)32-3/h5-6,9-12,15,17H,4,7-8,13-14,16H2,1-3H3,(H,27,30)/t17-/m1/s1. The first-order chi connectivity index (χ1) is 16.1. The van der Waals surface area contributed by atoms with Crippen LogP contribution in [0.2, 0.25) is 0 Å². The van der Waals surface area contributed by atoms with E-state index in [0.29, 0.717) is 42.0 Å². The Morgan fingerprint density at radius 2 is 1.91 bits per heavy atom. The summed E-state index contributed by atoms with van der Waals surface area (Å²) in [5.74, 6) is 2.20. The van der Waals surface area contributed by atoms with Crippen LogP contribution in [0.1, 0.15) is 26.2 Å². The number of methoxy groups -OCH3 is 2. The summed E-state index contributed by atoms with van der Waals surface area (Å²) in [6, 6.07) is 13.1. The van der Waals surface area contributed by atoms with Crippen molar-refractivity contribution in [2.45, 2.75) is 26.2 Å². The van der Waals surface area contributed by atoms with Gasteiger partial charge in [0.2, 0.25) is 5.91 Å². The van der Waals surface area contributed by atoms with Crippen molar-refractivity contribution >= 4 is 28.4 Å². The van der Waals surface area contributed by atoms with E-state index in [9.17, 15) is 4.79 Å². The highest BCUT2D eigenvalue weighted by molar-refractivity contribution is 5.94. The van der Waals surface area contributed by atoms with Crippen molar-refractivity contribution in [1.29, 1.82) is 0 Å². The van der Waals surface area contributed by atoms with Crippen LogP contribution in [0.25, 0.3) is 11.0 Å². The number of piperidine rings is 1. The Bertz CT molecular complexity index is 1120. The van der Waals surface area contributed by atoms with E-state index in [1.807, 2.05) is 24.3 Å². The predicted octanol–water partition coefficient (Wildman–Crippen LogP) is 4.29. The van der Waals surface area contributed by atoms with Crippen LogP contribution in [-0.4, -0.2) is 49.8 Å². The summed E-state index contributed by atoms with van der Waals surface area (Å²) < 4.78 is 16.6. The minimum absolute atomic E-state index is 0.0482. The molecule has 8 heteroatoms. The maximum Gasteiger partial charge on any atom is 0.258 e. The molecule has 2 aromatic carbocycles. The van der Waals surface area contributed by atoms with Gasteiger partial charge in [0, 0.05) is 19.2 Å². The van der Waals surface area contributed by atoms with Gasteiger partial charge in [0.25, 0.3) is 5.88 Å². The number of hydrogen-bond donors (Lipinski definition) is 1. The highest BCUT2D eigenvalue weighted by atomic mass is 16.5. The van der Waals surface area contributed by atoms with Crippen molar-refractivity contribution in [3.63, 3.8) is 0 Å². The van der Waals surface area contributed by atoms with Crippen LogP contribution in [0.5, 0.6) is 17.4 Å². The minimum atomic E-state index is -0.196. The van der Waals surface area contributed by atoms with Gasteiger partial charge in [0.1, 0.15) is 11.5 Å². The molecule has 1 aromatic heterocycles. The molecular formula is C25H30N4O4. The molecule has 33 heavy (non-hydrogen) atoms. The van der Waals surface area contributed by atoms with Crippen molar-refractivity contribution in [2.75, 3.05) is 44.1 Å². The monoisotopic (exact) mass is 450 g/mol. The fourth-order valence-corrected chi connectivity index (χ4v) is 4.00. The first kappa shape index (κ1) is 22.6. The molecule has 3 aromatic rings. The first-order valence-corrected chi connectivity index (χ1v) is 11.3. The van der Waals surface area contributed by atoms with E-state index in [2.05, 4.69) is 17.1 Å². The number of carbonyl (C=O) groups is 1. The second kappa shape index (κ2) is 10.4. The van der Waals surface area contributed by atoms with Gasteiger partial charge in [-0.1, -0.05) is 19.1 Å².